The van der Waals surface area contributed by atoms with Crippen LogP contribution >= 0.6 is 11.6 Å². The number of nitrogens with zero attached hydrogens (tertiary/aromatic N) is 1. The van der Waals surface area contributed by atoms with E-state index in [1.54, 1.807) is 24.3 Å². The van der Waals surface area contributed by atoms with Gasteiger partial charge in [-0.05, 0) is 49.1 Å². The summed E-state index contributed by atoms with van der Waals surface area (Å²) in [5.41, 5.74) is 7.78. The maximum atomic E-state index is 10.9. The smallest absolute Gasteiger partial charge is 0.248 e. The van der Waals surface area contributed by atoms with E-state index in [0.29, 0.717) is 29.4 Å². The number of primary amides is 1. The van der Waals surface area contributed by atoms with Crippen molar-refractivity contribution in [3.8, 4) is 11.8 Å². The molecule has 0 aromatic heterocycles. The topological polar surface area (TPSA) is 106 Å². The molecule has 2 aromatic carbocycles. The number of rotatable bonds is 7. The highest BCUT2D eigenvalue weighted by atomic mass is 35.5. The lowest BCUT2D eigenvalue weighted by molar-refractivity contribution is -0.133. The lowest BCUT2D eigenvalue weighted by atomic mass is 9.53. The monoisotopic (exact) mass is 558 g/mol. The Morgan fingerprint density at radius 2 is 1.64 bits per heavy atom. The van der Waals surface area contributed by atoms with Gasteiger partial charge in [-0.25, -0.2) is 0 Å². The number of halogens is 1. The first-order chi connectivity index (χ1) is 18.4. The van der Waals surface area contributed by atoms with Crippen molar-refractivity contribution in [3.05, 3.63) is 64.2 Å². The minimum atomic E-state index is -0.409. The number of aliphatic hydroxyl groups is 1. The van der Waals surface area contributed by atoms with E-state index in [1.165, 1.54) is 0 Å². The first kappa shape index (κ1) is 34.4. The van der Waals surface area contributed by atoms with Crippen LogP contribution in [0.1, 0.15) is 89.7 Å². The van der Waals surface area contributed by atoms with Crippen LogP contribution in [0.25, 0.3) is 0 Å². The van der Waals surface area contributed by atoms with Crippen LogP contribution in [0, 0.1) is 27.6 Å². The van der Waals surface area contributed by atoms with Crippen LogP contribution in [0.5, 0.6) is 5.75 Å². The van der Waals surface area contributed by atoms with Gasteiger partial charge in [-0.2, -0.15) is 5.26 Å². The fraction of sp³-hybridized carbons (Fsp3) is 0.562. The molecule has 39 heavy (non-hydrogen) atoms. The molecule has 216 valence electrons. The van der Waals surface area contributed by atoms with Crippen molar-refractivity contribution in [2.45, 2.75) is 80.8 Å². The lowest BCUT2D eigenvalue weighted by Gasteiger charge is -2.56. The number of hydrogen-bond donors (Lipinski definition) is 2. The standard InChI is InChI=1S/C15H18ClNO.C13H17NO3.2C2H6/c1-14(2)9-15(3,4)13(14)18-11-6-5-10(8-17)12(16)7-11;14-12(16)11-3-1-10(2-4-11)7-13(5-6-15)8-17-9-13;2*1-2/h5-7,13H,9H2,1-4H3;1-4,15H,5-9H2,(H2,14,16);2*1-2H3. The molecule has 1 saturated heterocycles. The number of nitrogens with two attached hydrogens (primary N) is 1. The van der Waals surface area contributed by atoms with E-state index in [9.17, 15) is 4.79 Å². The largest absolute Gasteiger partial charge is 0.489 e. The molecule has 0 radical (unpaired) electrons. The average molecular weight is 559 g/mol. The fourth-order valence-electron chi connectivity index (χ4n) is 5.58. The minimum Gasteiger partial charge on any atom is -0.489 e. The molecule has 1 aliphatic heterocycles. The maximum Gasteiger partial charge on any atom is 0.248 e. The van der Waals surface area contributed by atoms with Crippen LogP contribution in [-0.4, -0.2) is 36.9 Å². The Labute approximate surface area is 240 Å². The van der Waals surface area contributed by atoms with Crippen molar-refractivity contribution < 1.29 is 19.4 Å². The minimum absolute atomic E-state index is 0.0724. The van der Waals surface area contributed by atoms with Gasteiger partial charge in [0.1, 0.15) is 17.9 Å². The summed E-state index contributed by atoms with van der Waals surface area (Å²) in [6.07, 6.45) is 2.94. The summed E-state index contributed by atoms with van der Waals surface area (Å²) in [5.74, 6) is 0.332. The summed E-state index contributed by atoms with van der Waals surface area (Å²) in [6.45, 7) is 18.4. The zero-order chi connectivity index (χ0) is 29.9. The number of carbonyl (C=O) groups excluding carboxylic acids is 1. The van der Waals surface area contributed by atoms with Gasteiger partial charge in [0.2, 0.25) is 5.91 Å². The third-order valence-corrected chi connectivity index (χ3v) is 7.23. The Balaban J connectivity index is 0.000000347. The molecule has 0 atom stereocenters. The van der Waals surface area contributed by atoms with Crippen molar-refractivity contribution in [1.29, 1.82) is 5.26 Å². The molecular formula is C32H47ClN2O4. The number of nitriles is 1. The second-order valence-corrected chi connectivity index (χ2v) is 11.5. The summed E-state index contributed by atoms with van der Waals surface area (Å²) in [7, 11) is 0. The maximum absolute atomic E-state index is 10.9. The molecule has 0 spiro atoms. The van der Waals surface area contributed by atoms with Crippen molar-refractivity contribution in [3.63, 3.8) is 0 Å². The Hall–Kier alpha value is -2.59. The molecule has 2 aromatic rings. The Bertz CT molecular complexity index is 1070. The molecule has 1 heterocycles. The number of ether oxygens (including phenoxy) is 2. The van der Waals surface area contributed by atoms with Crippen LogP contribution in [-0.2, 0) is 11.2 Å². The van der Waals surface area contributed by atoms with E-state index >= 15 is 0 Å². The van der Waals surface area contributed by atoms with Crippen LogP contribution in [0.4, 0.5) is 0 Å². The molecule has 6 nitrogen and oxygen atoms in total. The predicted molar refractivity (Wildman–Crippen MR) is 159 cm³/mol. The Morgan fingerprint density at radius 3 is 2.03 bits per heavy atom. The third-order valence-electron chi connectivity index (χ3n) is 6.92. The molecule has 2 fully saturated rings. The zero-order valence-corrected chi connectivity index (χ0v) is 25.7. The van der Waals surface area contributed by atoms with Crippen LogP contribution in [0.15, 0.2) is 42.5 Å². The van der Waals surface area contributed by atoms with Crippen molar-refractivity contribution in [2.24, 2.45) is 22.0 Å². The number of amides is 1. The predicted octanol–water partition coefficient (Wildman–Crippen LogP) is 7.19. The quantitative estimate of drug-likeness (QED) is 0.374. The summed E-state index contributed by atoms with van der Waals surface area (Å²) >= 11 is 6.01. The van der Waals surface area contributed by atoms with Gasteiger partial charge in [0.05, 0.1) is 23.8 Å². The summed E-state index contributed by atoms with van der Waals surface area (Å²) in [5, 5.41) is 18.3. The number of benzene rings is 2. The van der Waals surface area contributed by atoms with Gasteiger partial charge in [0.15, 0.2) is 0 Å². The van der Waals surface area contributed by atoms with Gasteiger partial charge in [-0.3, -0.25) is 4.79 Å². The molecule has 2 aliphatic rings. The van der Waals surface area contributed by atoms with E-state index in [-0.39, 0.29) is 29.0 Å². The second-order valence-electron chi connectivity index (χ2n) is 11.1. The van der Waals surface area contributed by atoms with Gasteiger partial charge in [0, 0.05) is 34.5 Å². The Morgan fingerprint density at radius 1 is 1.08 bits per heavy atom. The number of aliphatic hydroxyl groups excluding tert-OH is 1. The lowest BCUT2D eigenvalue weighted by Crippen LogP contribution is -2.58. The SMILES string of the molecule is CC.CC.CC1(C)CC(C)(C)C1Oc1ccc(C#N)c(Cl)c1.NC(=O)c1ccc(CC2(CCO)COC2)cc1. The summed E-state index contributed by atoms with van der Waals surface area (Å²) < 4.78 is 11.3. The molecule has 0 bridgehead atoms. The molecular weight excluding hydrogens is 512 g/mol. The van der Waals surface area contributed by atoms with Crippen molar-refractivity contribution in [1.82, 2.24) is 0 Å². The molecule has 4 rings (SSSR count). The van der Waals surface area contributed by atoms with Crippen LogP contribution in [0.3, 0.4) is 0 Å². The normalized spacial score (nSPS) is 17.6. The summed E-state index contributed by atoms with van der Waals surface area (Å²) in [4.78, 5) is 10.9. The van der Waals surface area contributed by atoms with Crippen molar-refractivity contribution in [2.75, 3.05) is 19.8 Å². The van der Waals surface area contributed by atoms with Gasteiger partial charge in [-0.15, -0.1) is 0 Å². The molecule has 1 saturated carbocycles. The van der Waals surface area contributed by atoms with E-state index < -0.39 is 5.91 Å². The van der Waals surface area contributed by atoms with Gasteiger partial charge >= 0.3 is 0 Å². The van der Waals surface area contributed by atoms with Gasteiger partial charge in [-0.1, -0.05) is 79.1 Å². The van der Waals surface area contributed by atoms with E-state index in [1.807, 2.05) is 52.0 Å². The zero-order valence-electron chi connectivity index (χ0n) is 24.9. The molecule has 0 unspecified atom stereocenters. The highest BCUT2D eigenvalue weighted by molar-refractivity contribution is 6.31. The Kier molecular flexibility index (Phi) is 13.5. The van der Waals surface area contributed by atoms with Crippen LogP contribution in [0.2, 0.25) is 5.02 Å². The van der Waals surface area contributed by atoms with E-state index in [4.69, 9.17) is 37.2 Å². The van der Waals surface area contributed by atoms with Crippen molar-refractivity contribution >= 4 is 17.5 Å². The van der Waals surface area contributed by atoms with Gasteiger partial charge < -0.3 is 20.3 Å². The highest BCUT2D eigenvalue weighted by Crippen LogP contribution is 2.55. The third kappa shape index (κ3) is 9.24. The first-order valence-corrected chi connectivity index (χ1v) is 14.2. The van der Waals surface area contributed by atoms with E-state index in [2.05, 4.69) is 27.7 Å². The highest BCUT2D eigenvalue weighted by Gasteiger charge is 2.54. The summed E-state index contributed by atoms with van der Waals surface area (Å²) in [6, 6.07) is 14.6. The fourth-order valence-corrected chi connectivity index (χ4v) is 5.80. The van der Waals surface area contributed by atoms with E-state index in [0.717, 1.165) is 30.6 Å². The average Bonchev–Trinajstić information content (AvgIpc) is 2.88. The van der Waals surface area contributed by atoms with Gasteiger partial charge in [0.25, 0.3) is 0 Å². The molecule has 1 amide bonds. The van der Waals surface area contributed by atoms with Crippen LogP contribution < -0.4 is 10.5 Å². The number of hydrogen-bond acceptors (Lipinski definition) is 5. The number of carbonyl (C=O) groups is 1. The first-order valence-electron chi connectivity index (χ1n) is 13.9. The second kappa shape index (κ2) is 15.3. The molecule has 3 N–H and O–H groups in total. The molecule has 7 heteroatoms. The molecule has 1 aliphatic carbocycles.